The molecule has 9 nitrogen and oxygen atoms in total. The van der Waals surface area contributed by atoms with E-state index in [0.717, 1.165) is 0 Å². The Hall–Kier alpha value is -2.75. The van der Waals surface area contributed by atoms with Crippen molar-refractivity contribution >= 4 is 11.9 Å². The van der Waals surface area contributed by atoms with Crippen molar-refractivity contribution < 1.29 is 18.7 Å². The Morgan fingerprint density at radius 3 is 3.17 bits per heavy atom. The number of ether oxygens (including phenoxy) is 2. The van der Waals surface area contributed by atoms with Gasteiger partial charge in [-0.15, -0.1) is 0 Å². The third-order valence-corrected chi connectivity index (χ3v) is 3.58. The van der Waals surface area contributed by atoms with Crippen molar-refractivity contribution in [3.8, 4) is 5.75 Å². The van der Waals surface area contributed by atoms with E-state index in [4.69, 9.17) is 15.2 Å². The van der Waals surface area contributed by atoms with Crippen LogP contribution in [0.4, 0.5) is 10.3 Å². The van der Waals surface area contributed by atoms with Crippen LogP contribution >= 0.6 is 0 Å². The van der Waals surface area contributed by atoms with Crippen molar-refractivity contribution in [3.63, 3.8) is 0 Å². The van der Waals surface area contributed by atoms with Gasteiger partial charge >= 0.3 is 0 Å². The second-order valence-corrected chi connectivity index (χ2v) is 5.35. The van der Waals surface area contributed by atoms with E-state index in [9.17, 15) is 9.18 Å². The lowest BCUT2D eigenvalue weighted by atomic mass is 10.1. The van der Waals surface area contributed by atoms with Crippen molar-refractivity contribution in [3.05, 3.63) is 30.1 Å². The van der Waals surface area contributed by atoms with Crippen molar-refractivity contribution in [2.75, 3.05) is 18.9 Å². The number of nitrogens with zero attached hydrogens (tertiary/aromatic N) is 4. The Kier molecular flexibility index (Phi) is 4.85. The third kappa shape index (κ3) is 3.96. The number of hydrogen-bond acceptors (Lipinski definition) is 7. The zero-order valence-corrected chi connectivity index (χ0v) is 12.8. The maximum absolute atomic E-state index is 13.3. The van der Waals surface area contributed by atoms with Crippen LogP contribution in [0, 0.1) is 5.82 Å². The van der Waals surface area contributed by atoms with E-state index < -0.39 is 0 Å². The minimum atomic E-state index is -0.380. The summed E-state index contributed by atoms with van der Waals surface area (Å²) in [5.74, 6) is -0.241. The summed E-state index contributed by atoms with van der Waals surface area (Å²) in [5, 5.41) is 13.3. The van der Waals surface area contributed by atoms with Gasteiger partial charge in [-0.1, -0.05) is 11.2 Å². The Balaban J connectivity index is 1.61. The first-order valence-electron chi connectivity index (χ1n) is 7.43. The SMILES string of the molecule is Nc1nnnn1CC(=O)N[C@@H]1COCC[C@@H]1Oc1cccc(F)c1. The number of nitrogens with two attached hydrogens (primary N) is 1. The van der Waals surface area contributed by atoms with Gasteiger partial charge in [-0.3, -0.25) is 4.79 Å². The van der Waals surface area contributed by atoms with Crippen molar-refractivity contribution in [1.82, 2.24) is 25.5 Å². The van der Waals surface area contributed by atoms with Gasteiger partial charge in [-0.05, 0) is 22.6 Å². The summed E-state index contributed by atoms with van der Waals surface area (Å²) in [6.45, 7) is 0.700. The fraction of sp³-hybridized carbons (Fsp3) is 0.429. The summed E-state index contributed by atoms with van der Waals surface area (Å²) in [7, 11) is 0. The van der Waals surface area contributed by atoms with Gasteiger partial charge in [0.2, 0.25) is 11.9 Å². The van der Waals surface area contributed by atoms with Crippen LogP contribution in [-0.2, 0) is 16.1 Å². The molecule has 2 heterocycles. The van der Waals surface area contributed by atoms with Gasteiger partial charge in [0.05, 0.1) is 19.3 Å². The Bertz CT molecular complexity index is 709. The molecule has 1 amide bonds. The average Bonchev–Trinajstić information content (AvgIpc) is 2.94. The minimum Gasteiger partial charge on any atom is -0.488 e. The van der Waals surface area contributed by atoms with Gasteiger partial charge < -0.3 is 20.5 Å². The summed E-state index contributed by atoms with van der Waals surface area (Å²) < 4.78 is 25.6. The average molecular weight is 336 g/mol. The highest BCUT2D eigenvalue weighted by atomic mass is 19.1. The van der Waals surface area contributed by atoms with Crippen LogP contribution in [0.5, 0.6) is 5.75 Å². The maximum Gasteiger partial charge on any atom is 0.242 e. The van der Waals surface area contributed by atoms with Gasteiger partial charge in [0.25, 0.3) is 0 Å². The molecule has 0 bridgehead atoms. The third-order valence-electron chi connectivity index (χ3n) is 3.58. The fourth-order valence-corrected chi connectivity index (χ4v) is 2.42. The molecule has 0 radical (unpaired) electrons. The Morgan fingerprint density at radius 2 is 2.42 bits per heavy atom. The smallest absolute Gasteiger partial charge is 0.242 e. The number of hydrogen-bond donors (Lipinski definition) is 2. The molecular formula is C14H17FN6O3. The molecule has 1 aromatic heterocycles. The van der Waals surface area contributed by atoms with Crippen molar-refractivity contribution in [1.29, 1.82) is 0 Å². The van der Waals surface area contributed by atoms with Crippen LogP contribution < -0.4 is 15.8 Å². The molecule has 1 aliphatic rings. The number of amides is 1. The van der Waals surface area contributed by atoms with Gasteiger partial charge in [0.15, 0.2) is 0 Å². The second-order valence-electron chi connectivity index (χ2n) is 5.35. The number of tetrazole rings is 1. The number of aromatic nitrogens is 4. The first kappa shape index (κ1) is 16.1. The number of benzene rings is 1. The van der Waals surface area contributed by atoms with E-state index in [2.05, 4.69) is 20.8 Å². The summed E-state index contributed by atoms with van der Waals surface area (Å²) in [6.07, 6.45) is 0.254. The Labute approximate surface area is 136 Å². The number of carbonyl (C=O) groups is 1. The molecule has 128 valence electrons. The first-order chi connectivity index (χ1) is 11.6. The Morgan fingerprint density at radius 1 is 1.54 bits per heavy atom. The van der Waals surface area contributed by atoms with E-state index in [-0.39, 0.29) is 36.4 Å². The van der Waals surface area contributed by atoms with E-state index in [1.54, 1.807) is 12.1 Å². The first-order valence-corrected chi connectivity index (χ1v) is 7.43. The van der Waals surface area contributed by atoms with E-state index in [1.807, 2.05) is 0 Å². The lowest BCUT2D eigenvalue weighted by Crippen LogP contribution is -2.52. The highest BCUT2D eigenvalue weighted by Crippen LogP contribution is 2.19. The molecule has 2 aromatic rings. The highest BCUT2D eigenvalue weighted by molar-refractivity contribution is 5.76. The number of nitrogen functional groups attached to an aromatic ring is 1. The summed E-state index contributed by atoms with van der Waals surface area (Å²) in [6, 6.07) is 5.51. The highest BCUT2D eigenvalue weighted by Gasteiger charge is 2.29. The molecule has 1 aliphatic heterocycles. The van der Waals surface area contributed by atoms with Crippen LogP contribution in [0.25, 0.3) is 0 Å². The van der Waals surface area contributed by atoms with Crippen LogP contribution in [0.1, 0.15) is 6.42 Å². The van der Waals surface area contributed by atoms with Gasteiger partial charge in [-0.2, -0.15) is 0 Å². The topological polar surface area (TPSA) is 117 Å². The fourth-order valence-electron chi connectivity index (χ4n) is 2.42. The number of nitrogens with one attached hydrogen (secondary N) is 1. The molecule has 1 fully saturated rings. The summed E-state index contributed by atoms with van der Waals surface area (Å²) in [5.41, 5.74) is 5.53. The molecular weight excluding hydrogens is 319 g/mol. The number of halogens is 1. The normalized spacial score (nSPS) is 20.5. The van der Waals surface area contributed by atoms with Gasteiger partial charge in [0, 0.05) is 12.5 Å². The molecule has 3 rings (SSSR count). The molecule has 2 atom stereocenters. The van der Waals surface area contributed by atoms with Crippen LogP contribution in [-0.4, -0.2) is 51.5 Å². The van der Waals surface area contributed by atoms with Gasteiger partial charge in [-0.25, -0.2) is 9.07 Å². The second kappa shape index (κ2) is 7.21. The molecule has 10 heteroatoms. The molecule has 0 spiro atoms. The van der Waals surface area contributed by atoms with Crippen molar-refractivity contribution in [2.24, 2.45) is 0 Å². The maximum atomic E-state index is 13.3. The van der Waals surface area contributed by atoms with Crippen LogP contribution in [0.3, 0.4) is 0 Å². The van der Waals surface area contributed by atoms with E-state index in [1.165, 1.54) is 16.8 Å². The molecule has 0 saturated carbocycles. The number of rotatable bonds is 5. The minimum absolute atomic E-state index is 0.0533. The predicted octanol–water partition coefficient (Wildman–Crippen LogP) is -0.253. The zero-order chi connectivity index (χ0) is 16.9. The predicted molar refractivity (Wildman–Crippen MR) is 80.4 cm³/mol. The molecule has 0 aliphatic carbocycles. The van der Waals surface area contributed by atoms with E-state index >= 15 is 0 Å². The molecule has 1 saturated heterocycles. The molecule has 1 aromatic carbocycles. The molecule has 24 heavy (non-hydrogen) atoms. The van der Waals surface area contributed by atoms with E-state index in [0.29, 0.717) is 25.4 Å². The zero-order valence-electron chi connectivity index (χ0n) is 12.8. The lowest BCUT2D eigenvalue weighted by molar-refractivity contribution is -0.125. The lowest BCUT2D eigenvalue weighted by Gasteiger charge is -2.32. The quantitative estimate of drug-likeness (QED) is 0.773. The van der Waals surface area contributed by atoms with Gasteiger partial charge in [0.1, 0.15) is 24.2 Å². The van der Waals surface area contributed by atoms with Crippen LogP contribution in [0.15, 0.2) is 24.3 Å². The van der Waals surface area contributed by atoms with Crippen LogP contribution in [0.2, 0.25) is 0 Å². The number of carbonyl (C=O) groups excluding carboxylic acids is 1. The van der Waals surface area contributed by atoms with Crippen molar-refractivity contribution in [2.45, 2.75) is 25.1 Å². The standard InChI is InChI=1S/C14H17FN6O3/c15-9-2-1-3-10(6-9)24-12-4-5-23-8-11(12)17-13(22)7-21-14(16)18-19-20-21/h1-3,6,11-12H,4-5,7-8H2,(H,17,22)(H2,16,18,20)/t11-,12+/m1/s1. The summed E-state index contributed by atoms with van der Waals surface area (Å²) >= 11 is 0. The summed E-state index contributed by atoms with van der Waals surface area (Å²) in [4.78, 5) is 12.1. The largest absolute Gasteiger partial charge is 0.488 e. The molecule has 3 N–H and O–H groups in total. The number of anilines is 1. The molecule has 0 unspecified atom stereocenters. The monoisotopic (exact) mass is 336 g/mol.